The zero-order valence-electron chi connectivity index (χ0n) is 12.6. The van der Waals surface area contributed by atoms with Crippen LogP contribution < -0.4 is 5.32 Å². The maximum Gasteiger partial charge on any atom is 0.251 e. The summed E-state index contributed by atoms with van der Waals surface area (Å²) in [4.78, 5) is 16.2. The van der Waals surface area contributed by atoms with E-state index >= 15 is 0 Å². The number of hydrogen-bond donors (Lipinski definition) is 2. The van der Waals surface area contributed by atoms with Gasteiger partial charge in [0.1, 0.15) is 5.75 Å². The van der Waals surface area contributed by atoms with Crippen molar-refractivity contribution >= 4 is 5.91 Å². The molecule has 0 fully saturated rings. The Hall–Kier alpha value is -3.08. The predicted molar refractivity (Wildman–Crippen MR) is 85.9 cm³/mol. The molecule has 0 aliphatic heterocycles. The Bertz CT molecular complexity index is 778. The molecule has 0 spiro atoms. The topological polar surface area (TPSA) is 75.4 Å². The summed E-state index contributed by atoms with van der Waals surface area (Å²) in [6, 6.07) is 13.8. The minimum Gasteiger partial charge on any atom is -0.508 e. The van der Waals surface area contributed by atoms with Gasteiger partial charge >= 0.3 is 0 Å². The number of oxazole rings is 1. The first-order chi connectivity index (χ1) is 11.1. The van der Waals surface area contributed by atoms with Crippen molar-refractivity contribution in [1.82, 2.24) is 10.3 Å². The normalized spacial score (nSPS) is 11.9. The summed E-state index contributed by atoms with van der Waals surface area (Å²) in [6.45, 7) is 1.90. The van der Waals surface area contributed by atoms with Gasteiger partial charge in [-0.15, -0.1) is 0 Å². The molecule has 2 N–H and O–H groups in total. The van der Waals surface area contributed by atoms with Gasteiger partial charge in [0.2, 0.25) is 0 Å². The van der Waals surface area contributed by atoms with E-state index in [-0.39, 0.29) is 17.7 Å². The molecule has 1 heterocycles. The third-order valence-electron chi connectivity index (χ3n) is 3.60. The summed E-state index contributed by atoms with van der Waals surface area (Å²) in [5, 5.41) is 12.2. The Morgan fingerprint density at radius 3 is 2.43 bits per heavy atom. The van der Waals surface area contributed by atoms with E-state index in [1.807, 2.05) is 19.1 Å². The molecule has 3 aromatic rings. The Morgan fingerprint density at radius 2 is 1.83 bits per heavy atom. The highest BCUT2D eigenvalue weighted by Crippen LogP contribution is 2.20. The van der Waals surface area contributed by atoms with E-state index in [0.717, 1.165) is 11.1 Å². The monoisotopic (exact) mass is 308 g/mol. The van der Waals surface area contributed by atoms with Crippen molar-refractivity contribution in [3.63, 3.8) is 0 Å². The summed E-state index contributed by atoms with van der Waals surface area (Å²) in [5.74, 6) is 0.708. The second-order valence-electron chi connectivity index (χ2n) is 5.23. The molecular formula is C18H16N2O3. The largest absolute Gasteiger partial charge is 0.508 e. The van der Waals surface area contributed by atoms with Gasteiger partial charge in [-0.1, -0.05) is 24.3 Å². The first-order valence-electron chi connectivity index (χ1n) is 7.22. The number of aromatic nitrogens is 1. The number of nitrogens with zero attached hydrogens (tertiary/aromatic N) is 1. The van der Waals surface area contributed by atoms with Crippen LogP contribution in [0.5, 0.6) is 5.75 Å². The first kappa shape index (κ1) is 14.8. The average molecular weight is 308 g/mol. The second kappa shape index (κ2) is 6.36. The molecule has 5 heteroatoms. The molecule has 1 aromatic heterocycles. The third kappa shape index (κ3) is 3.40. The fourth-order valence-electron chi connectivity index (χ4n) is 2.27. The van der Waals surface area contributed by atoms with E-state index < -0.39 is 0 Å². The van der Waals surface area contributed by atoms with Crippen LogP contribution in [0.25, 0.3) is 11.3 Å². The van der Waals surface area contributed by atoms with Crippen LogP contribution in [0.15, 0.2) is 65.5 Å². The molecule has 5 nitrogen and oxygen atoms in total. The molecule has 0 saturated carbocycles. The van der Waals surface area contributed by atoms with Gasteiger partial charge in [0.05, 0.1) is 12.2 Å². The van der Waals surface area contributed by atoms with Crippen LogP contribution in [0.1, 0.15) is 28.9 Å². The van der Waals surface area contributed by atoms with Gasteiger partial charge in [0.25, 0.3) is 5.91 Å². The molecule has 0 saturated heterocycles. The van der Waals surface area contributed by atoms with Crippen LogP contribution in [-0.2, 0) is 0 Å². The van der Waals surface area contributed by atoms with Crippen LogP contribution in [0, 0.1) is 0 Å². The zero-order valence-corrected chi connectivity index (χ0v) is 12.6. The lowest BCUT2D eigenvalue weighted by Crippen LogP contribution is -2.26. The van der Waals surface area contributed by atoms with Gasteiger partial charge in [-0.2, -0.15) is 0 Å². The number of nitrogens with one attached hydrogen (secondary N) is 1. The van der Waals surface area contributed by atoms with E-state index in [1.54, 1.807) is 42.6 Å². The number of hydrogen-bond acceptors (Lipinski definition) is 4. The van der Waals surface area contributed by atoms with E-state index in [2.05, 4.69) is 10.3 Å². The molecule has 2 aromatic carbocycles. The number of amides is 1. The number of benzene rings is 2. The molecule has 0 aliphatic carbocycles. The molecule has 1 atom stereocenters. The van der Waals surface area contributed by atoms with Crippen molar-refractivity contribution in [2.75, 3.05) is 0 Å². The lowest BCUT2D eigenvalue weighted by Gasteiger charge is -2.14. The van der Waals surface area contributed by atoms with Gasteiger partial charge in [0, 0.05) is 11.1 Å². The first-order valence-corrected chi connectivity index (χ1v) is 7.22. The number of phenolic OH excluding ortho intramolecular Hbond substituents is 1. The van der Waals surface area contributed by atoms with Crippen molar-refractivity contribution in [2.45, 2.75) is 13.0 Å². The second-order valence-corrected chi connectivity index (χ2v) is 5.23. The minimum atomic E-state index is -0.158. The quantitative estimate of drug-likeness (QED) is 0.773. The number of carbonyl (C=O) groups excluding carboxylic acids is 1. The fraction of sp³-hybridized carbons (Fsp3) is 0.111. The maximum atomic E-state index is 12.3. The van der Waals surface area contributed by atoms with E-state index in [9.17, 15) is 9.90 Å². The van der Waals surface area contributed by atoms with E-state index in [1.165, 1.54) is 6.39 Å². The molecule has 0 radical (unpaired) electrons. The van der Waals surface area contributed by atoms with Crippen molar-refractivity contribution in [1.29, 1.82) is 0 Å². The fourth-order valence-corrected chi connectivity index (χ4v) is 2.27. The van der Waals surface area contributed by atoms with Crippen LogP contribution in [0.2, 0.25) is 0 Å². The van der Waals surface area contributed by atoms with Crippen LogP contribution >= 0.6 is 0 Å². The smallest absolute Gasteiger partial charge is 0.251 e. The van der Waals surface area contributed by atoms with Crippen LogP contribution in [0.4, 0.5) is 0 Å². The summed E-state index contributed by atoms with van der Waals surface area (Å²) in [5.41, 5.74) is 2.36. The average Bonchev–Trinajstić information content (AvgIpc) is 3.10. The van der Waals surface area contributed by atoms with E-state index in [4.69, 9.17) is 4.42 Å². The van der Waals surface area contributed by atoms with Gasteiger partial charge < -0.3 is 14.8 Å². The molecule has 0 aliphatic rings. The molecule has 23 heavy (non-hydrogen) atoms. The van der Waals surface area contributed by atoms with Crippen molar-refractivity contribution in [3.05, 3.63) is 72.2 Å². The lowest BCUT2D eigenvalue weighted by atomic mass is 10.1. The highest BCUT2D eigenvalue weighted by Gasteiger charge is 2.12. The summed E-state index contributed by atoms with van der Waals surface area (Å²) < 4.78 is 5.22. The van der Waals surface area contributed by atoms with E-state index in [0.29, 0.717) is 11.3 Å². The highest BCUT2D eigenvalue weighted by molar-refractivity contribution is 5.94. The third-order valence-corrected chi connectivity index (χ3v) is 3.60. The Morgan fingerprint density at radius 1 is 1.13 bits per heavy atom. The molecule has 3 rings (SSSR count). The Kier molecular flexibility index (Phi) is 4.10. The van der Waals surface area contributed by atoms with Crippen molar-refractivity contribution < 1.29 is 14.3 Å². The van der Waals surface area contributed by atoms with Gasteiger partial charge in [-0.25, -0.2) is 4.98 Å². The number of carbonyl (C=O) groups is 1. The van der Waals surface area contributed by atoms with Gasteiger partial charge in [0.15, 0.2) is 12.2 Å². The molecule has 1 unspecified atom stereocenters. The number of rotatable bonds is 4. The summed E-state index contributed by atoms with van der Waals surface area (Å²) in [7, 11) is 0. The molecular weight excluding hydrogens is 292 g/mol. The van der Waals surface area contributed by atoms with Crippen LogP contribution in [0.3, 0.4) is 0 Å². The highest BCUT2D eigenvalue weighted by atomic mass is 16.3. The number of aromatic hydroxyl groups is 1. The summed E-state index contributed by atoms with van der Waals surface area (Å²) in [6.07, 6.45) is 3.00. The van der Waals surface area contributed by atoms with Gasteiger partial charge in [-0.05, 0) is 36.8 Å². The molecule has 116 valence electrons. The maximum absolute atomic E-state index is 12.3. The predicted octanol–water partition coefficient (Wildman–Crippen LogP) is 3.54. The molecule has 1 amide bonds. The SMILES string of the molecule is CC(NC(=O)c1ccc(-c2cnco2)cc1)c1ccc(O)cc1. The minimum absolute atomic E-state index is 0.156. The standard InChI is InChI=1S/C18H16N2O3/c1-12(13-6-8-16(21)9-7-13)20-18(22)15-4-2-14(3-5-15)17-10-19-11-23-17/h2-12,21H,1H3,(H,20,22). The Balaban J connectivity index is 1.69. The Labute approximate surface area is 133 Å². The van der Waals surface area contributed by atoms with Gasteiger partial charge in [-0.3, -0.25) is 4.79 Å². The number of phenols is 1. The zero-order chi connectivity index (χ0) is 16.2. The summed E-state index contributed by atoms with van der Waals surface area (Å²) >= 11 is 0. The van der Waals surface area contributed by atoms with Crippen LogP contribution in [-0.4, -0.2) is 16.0 Å². The lowest BCUT2D eigenvalue weighted by molar-refractivity contribution is 0.0940. The van der Waals surface area contributed by atoms with Crippen molar-refractivity contribution in [3.8, 4) is 17.1 Å². The molecule has 0 bridgehead atoms. The van der Waals surface area contributed by atoms with Crippen molar-refractivity contribution in [2.24, 2.45) is 0 Å².